The predicted molar refractivity (Wildman–Crippen MR) is 202 cm³/mol. The Hall–Kier alpha value is -6.58. The van der Waals surface area contributed by atoms with E-state index < -0.39 is 0 Å². The van der Waals surface area contributed by atoms with Crippen molar-refractivity contribution in [2.24, 2.45) is 0 Å². The lowest BCUT2D eigenvalue weighted by atomic mass is 10.00. The number of para-hydroxylation sites is 2. The van der Waals surface area contributed by atoms with Gasteiger partial charge in [0.1, 0.15) is 22.7 Å². The molecule has 0 atom stereocenters. The zero-order valence-corrected chi connectivity index (χ0v) is 26.7. The number of furan rings is 2. The van der Waals surface area contributed by atoms with Gasteiger partial charge in [0, 0.05) is 39.0 Å². The monoisotopic (exact) mass is 629 g/mol. The fourth-order valence-electron chi connectivity index (χ4n) is 6.53. The van der Waals surface area contributed by atoms with Gasteiger partial charge in [0.2, 0.25) is 0 Å². The molecule has 0 spiro atoms. The fraction of sp³-hybridized carbons (Fsp3) is 0. The fourth-order valence-corrected chi connectivity index (χ4v) is 6.53. The molecule has 232 valence electrons. The molecule has 3 heteroatoms. The molecule has 0 fully saturated rings. The average molecular weight is 630 g/mol. The third-order valence-electron chi connectivity index (χ3n) is 9.12. The third kappa shape index (κ3) is 5.58. The second-order valence-corrected chi connectivity index (χ2v) is 12.2. The minimum absolute atomic E-state index is 0.858. The van der Waals surface area contributed by atoms with E-state index in [0.29, 0.717) is 0 Å². The van der Waals surface area contributed by atoms with E-state index in [-0.39, 0.29) is 0 Å². The number of rotatable bonds is 7. The lowest BCUT2D eigenvalue weighted by molar-refractivity contribution is 0.631. The van der Waals surface area contributed by atoms with Gasteiger partial charge >= 0.3 is 0 Å². The first-order valence-electron chi connectivity index (χ1n) is 16.5. The molecule has 0 unspecified atom stereocenters. The van der Waals surface area contributed by atoms with Crippen LogP contribution in [-0.2, 0) is 0 Å². The molecule has 3 nitrogen and oxygen atoms in total. The number of anilines is 3. The SMILES string of the molecule is c1ccc(-c2ccc(-c3ccc(N(c4ccc(-c5cc6ccccc6o5)cc4)c4ccc(-c5cc6ccccc6o5)cc4)cc3)cc2)cc1. The Morgan fingerprint density at radius 3 is 1.02 bits per heavy atom. The molecule has 0 saturated carbocycles. The van der Waals surface area contributed by atoms with Crippen molar-refractivity contribution in [2.75, 3.05) is 4.90 Å². The van der Waals surface area contributed by atoms with E-state index in [0.717, 1.165) is 61.6 Å². The maximum Gasteiger partial charge on any atom is 0.135 e. The molecule has 0 aliphatic rings. The molecule has 7 aromatic carbocycles. The average Bonchev–Trinajstić information content (AvgIpc) is 3.82. The Labute approximate surface area is 284 Å². The topological polar surface area (TPSA) is 29.5 Å². The van der Waals surface area contributed by atoms with E-state index in [4.69, 9.17) is 8.83 Å². The molecule has 0 saturated heterocycles. The molecule has 0 radical (unpaired) electrons. The number of benzene rings is 7. The molecular formula is C46H31NO2. The quantitative estimate of drug-likeness (QED) is 0.176. The van der Waals surface area contributed by atoms with Crippen molar-refractivity contribution < 1.29 is 8.83 Å². The van der Waals surface area contributed by atoms with Crippen molar-refractivity contribution in [2.45, 2.75) is 0 Å². The Balaban J connectivity index is 1.06. The second kappa shape index (κ2) is 12.2. The molecule has 0 amide bonds. The summed E-state index contributed by atoms with van der Waals surface area (Å²) in [6.07, 6.45) is 0. The lowest BCUT2D eigenvalue weighted by Gasteiger charge is -2.26. The van der Waals surface area contributed by atoms with Gasteiger partial charge in [-0.2, -0.15) is 0 Å². The molecule has 0 aliphatic carbocycles. The Bertz CT molecular complexity index is 2320. The summed E-state index contributed by atoms with van der Waals surface area (Å²) in [5.41, 5.74) is 11.8. The van der Waals surface area contributed by atoms with Crippen molar-refractivity contribution in [1.82, 2.24) is 0 Å². The van der Waals surface area contributed by atoms with Gasteiger partial charge in [-0.3, -0.25) is 0 Å². The van der Waals surface area contributed by atoms with E-state index in [1.165, 1.54) is 22.3 Å². The normalized spacial score (nSPS) is 11.3. The molecule has 0 aliphatic heterocycles. The minimum Gasteiger partial charge on any atom is -0.456 e. The summed E-state index contributed by atoms with van der Waals surface area (Å²) in [7, 11) is 0. The van der Waals surface area contributed by atoms with Crippen molar-refractivity contribution in [3.8, 4) is 44.9 Å². The van der Waals surface area contributed by atoms with Gasteiger partial charge in [0.05, 0.1) is 0 Å². The zero-order valence-electron chi connectivity index (χ0n) is 26.7. The first kappa shape index (κ1) is 28.6. The van der Waals surface area contributed by atoms with E-state index >= 15 is 0 Å². The van der Waals surface area contributed by atoms with Crippen LogP contribution in [0.15, 0.2) is 197 Å². The van der Waals surface area contributed by atoms with Crippen molar-refractivity contribution in [1.29, 1.82) is 0 Å². The van der Waals surface area contributed by atoms with Crippen LogP contribution >= 0.6 is 0 Å². The van der Waals surface area contributed by atoms with Gasteiger partial charge in [-0.1, -0.05) is 103 Å². The number of hydrogen-bond donors (Lipinski definition) is 0. The third-order valence-corrected chi connectivity index (χ3v) is 9.12. The van der Waals surface area contributed by atoms with Gasteiger partial charge in [0.15, 0.2) is 0 Å². The van der Waals surface area contributed by atoms with Crippen LogP contribution in [0.3, 0.4) is 0 Å². The van der Waals surface area contributed by atoms with Crippen LogP contribution in [-0.4, -0.2) is 0 Å². The molecule has 0 N–H and O–H groups in total. The number of fused-ring (bicyclic) bond motifs is 2. The summed E-state index contributed by atoms with van der Waals surface area (Å²) in [5.74, 6) is 1.72. The smallest absolute Gasteiger partial charge is 0.135 e. The Morgan fingerprint density at radius 2 is 0.612 bits per heavy atom. The molecule has 9 rings (SSSR count). The lowest BCUT2D eigenvalue weighted by Crippen LogP contribution is -2.09. The summed E-state index contributed by atoms with van der Waals surface area (Å²) in [4.78, 5) is 2.28. The summed E-state index contributed by atoms with van der Waals surface area (Å²) in [6.45, 7) is 0. The molecular weight excluding hydrogens is 599 g/mol. The van der Waals surface area contributed by atoms with Crippen molar-refractivity contribution in [3.63, 3.8) is 0 Å². The Morgan fingerprint density at radius 1 is 0.286 bits per heavy atom. The first-order chi connectivity index (χ1) is 24.2. The molecule has 9 aromatic rings. The van der Waals surface area contributed by atoms with E-state index in [1.807, 2.05) is 42.5 Å². The summed E-state index contributed by atoms with van der Waals surface area (Å²) >= 11 is 0. The second-order valence-electron chi connectivity index (χ2n) is 12.2. The largest absolute Gasteiger partial charge is 0.456 e. The highest BCUT2D eigenvalue weighted by Crippen LogP contribution is 2.39. The van der Waals surface area contributed by atoms with Crippen molar-refractivity contribution >= 4 is 39.0 Å². The van der Waals surface area contributed by atoms with Gasteiger partial charge in [-0.05, 0) is 107 Å². The van der Waals surface area contributed by atoms with E-state index in [9.17, 15) is 0 Å². The van der Waals surface area contributed by atoms with Crippen LogP contribution in [0.5, 0.6) is 0 Å². The molecule has 2 heterocycles. The maximum absolute atomic E-state index is 6.17. The van der Waals surface area contributed by atoms with Crippen LogP contribution in [0, 0.1) is 0 Å². The molecule has 2 aromatic heterocycles. The molecule has 0 bridgehead atoms. The number of hydrogen-bond acceptors (Lipinski definition) is 3. The first-order valence-corrected chi connectivity index (χ1v) is 16.5. The van der Waals surface area contributed by atoms with Crippen LogP contribution < -0.4 is 4.90 Å². The minimum atomic E-state index is 0.858. The molecule has 49 heavy (non-hydrogen) atoms. The highest BCUT2D eigenvalue weighted by atomic mass is 16.3. The summed E-state index contributed by atoms with van der Waals surface area (Å²) < 4.78 is 12.3. The van der Waals surface area contributed by atoms with Crippen LogP contribution in [0.2, 0.25) is 0 Å². The highest BCUT2D eigenvalue weighted by molar-refractivity contribution is 5.86. The van der Waals surface area contributed by atoms with Crippen LogP contribution in [0.25, 0.3) is 66.8 Å². The van der Waals surface area contributed by atoms with Gasteiger partial charge in [-0.25, -0.2) is 0 Å². The standard InChI is InChI=1S/C46H31NO2/c1-2-8-32(9-3-1)33-14-16-34(17-15-33)35-18-24-40(25-19-35)47(41-26-20-36(21-27-41)45-30-38-10-4-6-12-43(38)48-45)42-28-22-37(23-29-42)46-31-39-11-5-7-13-44(39)49-46/h1-31H. The van der Waals surface area contributed by atoms with Crippen LogP contribution in [0.4, 0.5) is 17.1 Å². The van der Waals surface area contributed by atoms with Gasteiger partial charge < -0.3 is 13.7 Å². The maximum atomic E-state index is 6.17. The van der Waals surface area contributed by atoms with Gasteiger partial charge in [0.25, 0.3) is 0 Å². The van der Waals surface area contributed by atoms with Crippen LogP contribution in [0.1, 0.15) is 0 Å². The highest BCUT2D eigenvalue weighted by Gasteiger charge is 2.15. The Kier molecular flexibility index (Phi) is 7.14. The summed E-state index contributed by atoms with van der Waals surface area (Å²) in [5, 5.41) is 2.20. The number of nitrogens with zero attached hydrogens (tertiary/aromatic N) is 1. The van der Waals surface area contributed by atoms with Crippen molar-refractivity contribution in [3.05, 3.63) is 188 Å². The summed E-state index contributed by atoms with van der Waals surface area (Å²) in [6, 6.07) is 65.7. The van der Waals surface area contributed by atoms with E-state index in [2.05, 4.69) is 150 Å². The van der Waals surface area contributed by atoms with Gasteiger partial charge in [-0.15, -0.1) is 0 Å². The predicted octanol–water partition coefficient (Wildman–Crippen LogP) is 13.3. The van der Waals surface area contributed by atoms with E-state index in [1.54, 1.807) is 0 Å². The zero-order chi connectivity index (χ0) is 32.6.